The van der Waals surface area contributed by atoms with E-state index in [9.17, 15) is 4.79 Å². The van der Waals surface area contributed by atoms with Crippen molar-refractivity contribution >= 4 is 42.5 Å². The van der Waals surface area contributed by atoms with Gasteiger partial charge in [0.05, 0.1) is 0 Å². The van der Waals surface area contributed by atoms with Crippen molar-refractivity contribution in [2.75, 3.05) is 20.1 Å². The standard InChI is InChI=1S/C16H21N5OS.2ClH/c1-17-9-14-3-2-8-21(14)15(22)13-6-4-12(5-7-13)10-23-16-18-11-19-20-16;;/h4-7,11,14,17H,2-3,8-10H2,1H3,(H,18,19,20);2*1H. The largest absolute Gasteiger partial charge is 0.334 e. The van der Waals surface area contributed by atoms with Gasteiger partial charge >= 0.3 is 0 Å². The molecular weight excluding hydrogens is 381 g/mol. The van der Waals surface area contributed by atoms with Crippen molar-refractivity contribution in [3.63, 3.8) is 0 Å². The van der Waals surface area contributed by atoms with Gasteiger partial charge in [-0.05, 0) is 37.6 Å². The number of aromatic nitrogens is 3. The van der Waals surface area contributed by atoms with Crippen molar-refractivity contribution in [3.8, 4) is 0 Å². The van der Waals surface area contributed by atoms with E-state index in [0.29, 0.717) is 6.04 Å². The van der Waals surface area contributed by atoms with Crippen LogP contribution in [0.4, 0.5) is 0 Å². The first-order chi connectivity index (χ1) is 11.3. The number of H-pyrrole nitrogens is 1. The van der Waals surface area contributed by atoms with Crippen LogP contribution in [0.2, 0.25) is 0 Å². The lowest BCUT2D eigenvalue weighted by Gasteiger charge is -2.24. The third-order valence-electron chi connectivity index (χ3n) is 4.05. The highest BCUT2D eigenvalue weighted by atomic mass is 35.5. The minimum absolute atomic E-state index is 0. The number of carbonyl (C=O) groups is 1. The first-order valence-corrected chi connectivity index (χ1v) is 8.79. The molecule has 138 valence electrons. The zero-order valence-corrected chi connectivity index (χ0v) is 16.4. The molecule has 1 aliphatic heterocycles. The van der Waals surface area contributed by atoms with Gasteiger partial charge in [0, 0.05) is 30.4 Å². The Kier molecular flexibility index (Phi) is 9.27. The number of hydrogen-bond acceptors (Lipinski definition) is 5. The molecule has 3 rings (SSSR count). The first-order valence-electron chi connectivity index (χ1n) is 7.80. The number of amides is 1. The summed E-state index contributed by atoms with van der Waals surface area (Å²) in [5, 5.41) is 10.6. The van der Waals surface area contributed by atoms with Crippen molar-refractivity contribution < 1.29 is 4.79 Å². The highest BCUT2D eigenvalue weighted by molar-refractivity contribution is 7.98. The Balaban J connectivity index is 0.00000156. The third-order valence-corrected chi connectivity index (χ3v) is 4.99. The van der Waals surface area contributed by atoms with Crippen molar-refractivity contribution in [2.45, 2.75) is 29.8 Å². The molecule has 1 fully saturated rings. The molecule has 1 saturated heterocycles. The minimum Gasteiger partial charge on any atom is -0.334 e. The molecule has 1 atom stereocenters. The average molecular weight is 404 g/mol. The summed E-state index contributed by atoms with van der Waals surface area (Å²) in [5.74, 6) is 0.938. The Morgan fingerprint density at radius 1 is 1.36 bits per heavy atom. The number of nitrogens with zero attached hydrogens (tertiary/aromatic N) is 3. The van der Waals surface area contributed by atoms with Gasteiger partial charge in [0.25, 0.3) is 5.91 Å². The summed E-state index contributed by atoms with van der Waals surface area (Å²) in [7, 11) is 1.93. The van der Waals surface area contributed by atoms with Crippen molar-refractivity contribution in [3.05, 3.63) is 41.7 Å². The van der Waals surface area contributed by atoms with Crippen LogP contribution in [0.5, 0.6) is 0 Å². The summed E-state index contributed by atoms with van der Waals surface area (Å²) in [6, 6.07) is 8.19. The summed E-state index contributed by atoms with van der Waals surface area (Å²) >= 11 is 1.59. The number of rotatable bonds is 6. The maximum absolute atomic E-state index is 12.7. The second-order valence-corrected chi connectivity index (χ2v) is 6.59. The SMILES string of the molecule is CNCC1CCCN1C(=O)c1ccc(CSc2ncn[nH]2)cc1.Cl.Cl. The number of likely N-dealkylation sites (N-methyl/N-ethyl adjacent to an activating group) is 1. The molecule has 1 aliphatic rings. The van der Waals surface area contributed by atoms with E-state index in [2.05, 4.69) is 20.5 Å². The van der Waals surface area contributed by atoms with E-state index in [1.807, 2.05) is 36.2 Å². The van der Waals surface area contributed by atoms with E-state index in [-0.39, 0.29) is 30.7 Å². The first kappa shape index (κ1) is 21.8. The molecule has 9 heteroatoms. The lowest BCUT2D eigenvalue weighted by Crippen LogP contribution is -2.40. The van der Waals surface area contributed by atoms with Gasteiger partial charge in [0.1, 0.15) is 6.33 Å². The monoisotopic (exact) mass is 403 g/mol. The number of aromatic amines is 1. The van der Waals surface area contributed by atoms with Crippen LogP contribution in [0.1, 0.15) is 28.8 Å². The zero-order chi connectivity index (χ0) is 16.1. The fourth-order valence-electron chi connectivity index (χ4n) is 2.88. The number of halogens is 2. The topological polar surface area (TPSA) is 73.9 Å². The quantitative estimate of drug-likeness (QED) is 0.725. The van der Waals surface area contributed by atoms with E-state index in [4.69, 9.17) is 0 Å². The van der Waals surface area contributed by atoms with Gasteiger partial charge in [-0.2, -0.15) is 5.10 Å². The smallest absolute Gasteiger partial charge is 0.254 e. The number of likely N-dealkylation sites (tertiary alicyclic amines) is 1. The summed E-state index contributed by atoms with van der Waals surface area (Å²) in [5.41, 5.74) is 1.93. The Hall–Kier alpha value is -1.28. The molecule has 1 unspecified atom stereocenters. The molecule has 0 radical (unpaired) electrons. The predicted octanol–water partition coefficient (Wildman–Crippen LogP) is 2.76. The van der Waals surface area contributed by atoms with Crippen LogP contribution in [-0.2, 0) is 5.75 Å². The van der Waals surface area contributed by atoms with Crippen LogP contribution < -0.4 is 5.32 Å². The van der Waals surface area contributed by atoms with Crippen molar-refractivity contribution in [2.24, 2.45) is 0 Å². The molecule has 2 N–H and O–H groups in total. The lowest BCUT2D eigenvalue weighted by molar-refractivity contribution is 0.0737. The van der Waals surface area contributed by atoms with Crippen LogP contribution >= 0.6 is 36.6 Å². The minimum atomic E-state index is 0. The highest BCUT2D eigenvalue weighted by Gasteiger charge is 2.28. The number of nitrogens with one attached hydrogen (secondary N) is 2. The molecule has 0 spiro atoms. The second-order valence-electron chi connectivity index (χ2n) is 5.63. The Bertz CT molecular complexity index is 638. The Morgan fingerprint density at radius 2 is 2.12 bits per heavy atom. The van der Waals surface area contributed by atoms with E-state index in [1.54, 1.807) is 11.8 Å². The highest BCUT2D eigenvalue weighted by Crippen LogP contribution is 2.22. The van der Waals surface area contributed by atoms with E-state index < -0.39 is 0 Å². The van der Waals surface area contributed by atoms with Crippen LogP contribution in [0.3, 0.4) is 0 Å². The normalized spacial score (nSPS) is 16.2. The molecule has 1 aromatic heterocycles. The third kappa shape index (κ3) is 5.60. The van der Waals surface area contributed by atoms with Gasteiger partial charge in [-0.1, -0.05) is 23.9 Å². The van der Waals surface area contributed by atoms with Gasteiger partial charge in [0.2, 0.25) is 0 Å². The number of hydrogen-bond donors (Lipinski definition) is 2. The lowest BCUT2D eigenvalue weighted by atomic mass is 10.1. The summed E-state index contributed by atoms with van der Waals surface area (Å²) < 4.78 is 0. The molecular formula is C16H23Cl2N5OS. The molecule has 25 heavy (non-hydrogen) atoms. The van der Waals surface area contributed by atoms with Crippen molar-refractivity contribution in [1.29, 1.82) is 0 Å². The molecule has 0 saturated carbocycles. The molecule has 0 aliphatic carbocycles. The van der Waals surface area contributed by atoms with Gasteiger partial charge in [-0.3, -0.25) is 9.89 Å². The Morgan fingerprint density at radius 3 is 2.76 bits per heavy atom. The molecule has 0 bridgehead atoms. The fourth-order valence-corrected chi connectivity index (χ4v) is 3.61. The molecule has 1 amide bonds. The molecule has 6 nitrogen and oxygen atoms in total. The second kappa shape index (κ2) is 10.7. The van der Waals surface area contributed by atoms with Crippen LogP contribution in [0.15, 0.2) is 35.7 Å². The number of carbonyl (C=O) groups excluding carboxylic acids is 1. The average Bonchev–Trinajstić information content (AvgIpc) is 3.25. The Labute approximate surface area is 164 Å². The van der Waals surface area contributed by atoms with Gasteiger partial charge in [0.15, 0.2) is 5.16 Å². The van der Waals surface area contributed by atoms with Crippen LogP contribution in [0, 0.1) is 0 Å². The predicted molar refractivity (Wildman–Crippen MR) is 105 cm³/mol. The maximum Gasteiger partial charge on any atom is 0.254 e. The fraction of sp³-hybridized carbons (Fsp3) is 0.438. The van der Waals surface area contributed by atoms with Crippen molar-refractivity contribution in [1.82, 2.24) is 25.4 Å². The summed E-state index contributed by atoms with van der Waals surface area (Å²) in [6.45, 7) is 1.71. The van der Waals surface area contributed by atoms with E-state index >= 15 is 0 Å². The molecule has 1 aromatic carbocycles. The summed E-state index contributed by atoms with van der Waals surface area (Å²) in [6.07, 6.45) is 3.67. The van der Waals surface area contributed by atoms with Crippen LogP contribution in [-0.4, -0.2) is 52.2 Å². The number of benzene rings is 1. The van der Waals surface area contributed by atoms with Gasteiger partial charge in [-0.25, -0.2) is 4.98 Å². The summed E-state index contributed by atoms with van der Waals surface area (Å²) in [4.78, 5) is 18.7. The zero-order valence-electron chi connectivity index (χ0n) is 14.0. The number of thioether (sulfide) groups is 1. The molecule has 2 aromatic rings. The molecule has 2 heterocycles. The maximum atomic E-state index is 12.7. The van der Waals surface area contributed by atoms with E-state index in [0.717, 1.165) is 48.0 Å². The van der Waals surface area contributed by atoms with Gasteiger partial charge < -0.3 is 10.2 Å². The van der Waals surface area contributed by atoms with Gasteiger partial charge in [-0.15, -0.1) is 24.8 Å². The van der Waals surface area contributed by atoms with Crippen LogP contribution in [0.25, 0.3) is 0 Å². The van der Waals surface area contributed by atoms with E-state index in [1.165, 1.54) is 6.33 Å².